The van der Waals surface area contributed by atoms with Gasteiger partial charge in [-0.25, -0.2) is 4.39 Å². The Bertz CT molecular complexity index is 526. The number of hydrogen-bond acceptors (Lipinski definition) is 2. The molecular weight excluding hydrogens is 233 g/mol. The van der Waals surface area contributed by atoms with Gasteiger partial charge in [-0.1, -0.05) is 11.8 Å². The van der Waals surface area contributed by atoms with Crippen LogP contribution in [0, 0.1) is 17.7 Å². The second-order valence-corrected chi connectivity index (χ2v) is 3.79. The lowest BCUT2D eigenvalue weighted by atomic mass is 10.1. The number of benzene rings is 1. The molecule has 1 rings (SSSR count). The monoisotopic (exact) mass is 247 g/mol. The highest BCUT2D eigenvalue weighted by atomic mass is 19.1. The standard InChI is InChI=1S/C14H14FNO2/c1-10(17)12-6-7-14(15)13(9-12)5-3-4-8-16-11(2)18/h6-7,9H,4,8H2,1-2H3,(H,16,18). The topological polar surface area (TPSA) is 46.2 Å². The highest BCUT2D eigenvalue weighted by molar-refractivity contribution is 5.94. The van der Waals surface area contributed by atoms with Crippen LogP contribution in [0.1, 0.15) is 36.2 Å². The van der Waals surface area contributed by atoms with Gasteiger partial charge in [0.15, 0.2) is 5.78 Å². The van der Waals surface area contributed by atoms with Crippen LogP contribution in [0.3, 0.4) is 0 Å². The van der Waals surface area contributed by atoms with Gasteiger partial charge in [0.1, 0.15) is 5.82 Å². The molecule has 3 nitrogen and oxygen atoms in total. The third-order valence-corrected chi connectivity index (χ3v) is 2.22. The molecular formula is C14H14FNO2. The molecule has 0 heterocycles. The maximum atomic E-state index is 13.4. The summed E-state index contributed by atoms with van der Waals surface area (Å²) in [5, 5.41) is 2.59. The zero-order valence-corrected chi connectivity index (χ0v) is 10.3. The van der Waals surface area contributed by atoms with Gasteiger partial charge in [-0.3, -0.25) is 9.59 Å². The van der Waals surface area contributed by atoms with Crippen molar-refractivity contribution in [2.24, 2.45) is 0 Å². The third-order valence-electron chi connectivity index (χ3n) is 2.22. The minimum absolute atomic E-state index is 0.124. The minimum Gasteiger partial charge on any atom is -0.355 e. The molecule has 0 aliphatic rings. The highest BCUT2D eigenvalue weighted by Crippen LogP contribution is 2.10. The predicted molar refractivity (Wildman–Crippen MR) is 66.6 cm³/mol. The summed E-state index contributed by atoms with van der Waals surface area (Å²) in [7, 11) is 0. The summed E-state index contributed by atoms with van der Waals surface area (Å²) < 4.78 is 13.4. The maximum absolute atomic E-state index is 13.4. The van der Waals surface area contributed by atoms with E-state index in [9.17, 15) is 14.0 Å². The lowest BCUT2D eigenvalue weighted by molar-refractivity contribution is -0.118. The van der Waals surface area contributed by atoms with E-state index < -0.39 is 5.82 Å². The van der Waals surface area contributed by atoms with E-state index in [1.54, 1.807) is 0 Å². The fourth-order valence-electron chi connectivity index (χ4n) is 1.30. The number of Topliss-reactive ketones (excluding diaryl/α,β-unsaturated/α-hetero) is 1. The summed E-state index contributed by atoms with van der Waals surface area (Å²) >= 11 is 0. The van der Waals surface area contributed by atoms with Gasteiger partial charge in [0.05, 0.1) is 5.56 Å². The van der Waals surface area contributed by atoms with Crippen molar-refractivity contribution in [2.75, 3.05) is 6.54 Å². The molecule has 0 aliphatic carbocycles. The summed E-state index contributed by atoms with van der Waals surface area (Å²) in [5.74, 6) is 4.70. The van der Waals surface area contributed by atoms with E-state index in [-0.39, 0.29) is 17.3 Å². The van der Waals surface area contributed by atoms with Crippen LogP contribution in [0.25, 0.3) is 0 Å². The number of amides is 1. The number of halogens is 1. The van der Waals surface area contributed by atoms with Crippen molar-refractivity contribution in [2.45, 2.75) is 20.3 Å². The van der Waals surface area contributed by atoms with Crippen molar-refractivity contribution in [1.82, 2.24) is 5.32 Å². The molecule has 0 saturated carbocycles. The minimum atomic E-state index is -0.452. The molecule has 0 fully saturated rings. The molecule has 0 saturated heterocycles. The lowest BCUT2D eigenvalue weighted by Crippen LogP contribution is -2.20. The van der Waals surface area contributed by atoms with Crippen LogP contribution < -0.4 is 5.32 Å². The van der Waals surface area contributed by atoms with Crippen molar-refractivity contribution < 1.29 is 14.0 Å². The largest absolute Gasteiger partial charge is 0.355 e. The van der Waals surface area contributed by atoms with Crippen LogP contribution in [0.15, 0.2) is 18.2 Å². The Hall–Kier alpha value is -2.15. The van der Waals surface area contributed by atoms with Crippen molar-refractivity contribution in [3.05, 3.63) is 35.1 Å². The van der Waals surface area contributed by atoms with Crippen LogP contribution >= 0.6 is 0 Å². The molecule has 0 atom stereocenters. The highest BCUT2D eigenvalue weighted by Gasteiger charge is 2.04. The Kier molecular flexibility index (Phi) is 5.06. The van der Waals surface area contributed by atoms with Crippen LogP contribution in [0.5, 0.6) is 0 Å². The van der Waals surface area contributed by atoms with Gasteiger partial charge < -0.3 is 5.32 Å². The van der Waals surface area contributed by atoms with Gasteiger partial charge in [-0.15, -0.1) is 0 Å². The average molecular weight is 247 g/mol. The SMILES string of the molecule is CC(=O)NCCC#Cc1cc(C(C)=O)ccc1F. The maximum Gasteiger partial charge on any atom is 0.216 e. The van der Waals surface area contributed by atoms with E-state index in [0.717, 1.165) is 0 Å². The van der Waals surface area contributed by atoms with Crippen LogP contribution in [-0.2, 0) is 4.79 Å². The predicted octanol–water partition coefficient (Wildman–Crippen LogP) is 1.91. The number of rotatable bonds is 3. The van der Waals surface area contributed by atoms with Crippen LogP contribution in [-0.4, -0.2) is 18.2 Å². The van der Waals surface area contributed by atoms with Crippen molar-refractivity contribution in [3.63, 3.8) is 0 Å². The Labute approximate surface area is 105 Å². The van der Waals surface area contributed by atoms with Crippen LogP contribution in [0.4, 0.5) is 4.39 Å². The molecule has 1 amide bonds. The first-order valence-corrected chi connectivity index (χ1v) is 5.54. The third kappa shape index (κ3) is 4.38. The van der Waals surface area contributed by atoms with Gasteiger partial charge in [-0.2, -0.15) is 0 Å². The molecule has 1 aromatic carbocycles. The molecule has 0 bridgehead atoms. The Morgan fingerprint density at radius 1 is 1.33 bits per heavy atom. The van der Waals surface area contributed by atoms with Gasteiger partial charge in [0.25, 0.3) is 0 Å². The van der Waals surface area contributed by atoms with Crippen molar-refractivity contribution in [1.29, 1.82) is 0 Å². The Morgan fingerprint density at radius 3 is 2.67 bits per heavy atom. The van der Waals surface area contributed by atoms with E-state index in [0.29, 0.717) is 18.5 Å². The summed E-state index contributed by atoms with van der Waals surface area (Å²) in [6.07, 6.45) is 0.434. The Balaban J connectivity index is 2.71. The summed E-state index contributed by atoms with van der Waals surface area (Å²) in [6.45, 7) is 3.26. The second kappa shape index (κ2) is 6.55. The molecule has 94 valence electrons. The molecule has 1 N–H and O–H groups in total. The Morgan fingerprint density at radius 2 is 2.06 bits per heavy atom. The van der Waals surface area contributed by atoms with Gasteiger partial charge >= 0.3 is 0 Å². The normalized spacial score (nSPS) is 9.28. The molecule has 4 heteroatoms. The van der Waals surface area contributed by atoms with Crippen molar-refractivity contribution in [3.8, 4) is 11.8 Å². The van der Waals surface area contributed by atoms with Gasteiger partial charge in [0, 0.05) is 25.5 Å². The molecule has 0 radical (unpaired) electrons. The van der Waals surface area contributed by atoms with Crippen molar-refractivity contribution >= 4 is 11.7 Å². The van der Waals surface area contributed by atoms with E-state index in [4.69, 9.17) is 0 Å². The molecule has 0 spiro atoms. The van der Waals surface area contributed by atoms with E-state index >= 15 is 0 Å². The van der Waals surface area contributed by atoms with E-state index in [1.807, 2.05) is 0 Å². The molecule has 0 aromatic heterocycles. The number of carbonyl (C=O) groups is 2. The number of ketones is 1. The zero-order chi connectivity index (χ0) is 13.5. The number of nitrogens with one attached hydrogen (secondary N) is 1. The quantitative estimate of drug-likeness (QED) is 0.504. The second-order valence-electron chi connectivity index (χ2n) is 3.79. The first kappa shape index (κ1) is 13.9. The molecule has 0 unspecified atom stereocenters. The fourth-order valence-corrected chi connectivity index (χ4v) is 1.30. The average Bonchev–Trinajstić information content (AvgIpc) is 2.30. The molecule has 0 aliphatic heterocycles. The zero-order valence-electron chi connectivity index (χ0n) is 10.3. The summed E-state index contributed by atoms with van der Waals surface area (Å²) in [6, 6.07) is 4.10. The van der Waals surface area contributed by atoms with Crippen LogP contribution in [0.2, 0.25) is 0 Å². The lowest BCUT2D eigenvalue weighted by Gasteiger charge is -1.98. The summed E-state index contributed by atoms with van der Waals surface area (Å²) in [4.78, 5) is 21.7. The molecule has 18 heavy (non-hydrogen) atoms. The smallest absolute Gasteiger partial charge is 0.216 e. The number of hydrogen-bond donors (Lipinski definition) is 1. The first-order valence-electron chi connectivity index (χ1n) is 5.54. The first-order chi connectivity index (χ1) is 8.50. The van der Waals surface area contributed by atoms with E-state index in [1.165, 1.54) is 32.0 Å². The van der Waals surface area contributed by atoms with E-state index in [2.05, 4.69) is 17.2 Å². The van der Waals surface area contributed by atoms with Gasteiger partial charge in [-0.05, 0) is 25.1 Å². The van der Waals surface area contributed by atoms with Gasteiger partial charge in [0.2, 0.25) is 5.91 Å². The number of carbonyl (C=O) groups excluding carboxylic acids is 2. The fraction of sp³-hybridized carbons (Fsp3) is 0.286. The molecule has 1 aromatic rings. The summed E-state index contributed by atoms with van der Waals surface area (Å²) in [5.41, 5.74) is 0.632.